The van der Waals surface area contributed by atoms with Crippen LogP contribution in [0.1, 0.15) is 30.8 Å². The van der Waals surface area contributed by atoms with Crippen molar-refractivity contribution in [1.82, 2.24) is 15.1 Å². The molecule has 2 heterocycles. The number of aromatic nitrogens is 2. The normalized spacial score (nSPS) is 17.4. The predicted molar refractivity (Wildman–Crippen MR) is 120 cm³/mol. The number of carboxylic acids is 1. The van der Waals surface area contributed by atoms with Crippen LogP contribution in [0.5, 0.6) is 11.5 Å². The summed E-state index contributed by atoms with van der Waals surface area (Å²) < 4.78 is 10.8. The number of aliphatic carboxylic acids is 1. The van der Waals surface area contributed by atoms with E-state index >= 15 is 0 Å². The third-order valence-electron chi connectivity index (χ3n) is 4.18. The van der Waals surface area contributed by atoms with Gasteiger partial charge in [-0.3, -0.25) is 9.69 Å². The molecule has 1 fully saturated rings. The van der Waals surface area contributed by atoms with Crippen molar-refractivity contribution in [2.45, 2.75) is 33.3 Å². The highest BCUT2D eigenvalue weighted by Gasteiger charge is 2.33. The Hall–Kier alpha value is -2.92. The summed E-state index contributed by atoms with van der Waals surface area (Å²) in [5, 5.41) is 18.9. The molecule has 1 aliphatic heterocycles. The number of carboxylic acid groups (broad SMARTS) is 1. The van der Waals surface area contributed by atoms with Gasteiger partial charge in [0.1, 0.15) is 5.01 Å². The fraction of sp³-hybridized carbons (Fsp3) is 0.350. The molecule has 0 spiro atoms. The lowest BCUT2D eigenvalue weighted by atomic mass is 10.1. The zero-order chi connectivity index (χ0) is 22.5. The maximum Gasteiger partial charge on any atom is 0.344 e. The molecule has 11 heteroatoms. The van der Waals surface area contributed by atoms with Crippen LogP contribution in [0.2, 0.25) is 0 Å². The Bertz CT molecular complexity index is 1050. The highest BCUT2D eigenvalue weighted by Crippen LogP contribution is 2.36. The second-order valence-corrected chi connectivity index (χ2v) is 8.74. The summed E-state index contributed by atoms with van der Waals surface area (Å²) in [5.74, 6) is -0.520. The van der Waals surface area contributed by atoms with Crippen LogP contribution in [0.3, 0.4) is 0 Å². The number of aryl methyl sites for hydroxylation is 1. The van der Waals surface area contributed by atoms with Crippen molar-refractivity contribution in [3.05, 3.63) is 33.7 Å². The van der Waals surface area contributed by atoms with Crippen LogP contribution in [0.4, 0.5) is 5.13 Å². The molecule has 2 aromatic rings. The zero-order valence-corrected chi connectivity index (χ0v) is 19.1. The van der Waals surface area contributed by atoms with E-state index < -0.39 is 12.1 Å². The van der Waals surface area contributed by atoms with E-state index in [9.17, 15) is 9.59 Å². The summed E-state index contributed by atoms with van der Waals surface area (Å²) >= 11 is 2.64. The number of aliphatic imine (C=N–C) groups is 1. The van der Waals surface area contributed by atoms with Crippen molar-refractivity contribution in [3.8, 4) is 11.5 Å². The molecule has 0 aliphatic carbocycles. The molecule has 0 bridgehead atoms. The third kappa shape index (κ3) is 5.42. The molecule has 1 aliphatic rings. The van der Waals surface area contributed by atoms with Crippen molar-refractivity contribution in [2.75, 3.05) is 13.7 Å². The molecule has 31 heavy (non-hydrogen) atoms. The first-order chi connectivity index (χ1) is 14.8. The number of rotatable bonds is 8. The molecule has 1 unspecified atom stereocenters. The summed E-state index contributed by atoms with van der Waals surface area (Å²) in [6.45, 7) is 5.83. The number of carbonyl (C=O) groups excluding carboxylic acids is 1. The summed E-state index contributed by atoms with van der Waals surface area (Å²) in [6, 6.07) is 5.05. The molecule has 1 atom stereocenters. The van der Waals surface area contributed by atoms with Crippen LogP contribution in [0.15, 0.2) is 28.1 Å². The Labute approximate surface area is 187 Å². The first-order valence-electron chi connectivity index (χ1n) is 9.50. The van der Waals surface area contributed by atoms with Crippen molar-refractivity contribution < 1.29 is 24.2 Å². The average molecular weight is 463 g/mol. The maximum atomic E-state index is 12.9. The van der Waals surface area contributed by atoms with Gasteiger partial charge in [0.2, 0.25) is 5.13 Å². The van der Waals surface area contributed by atoms with Gasteiger partial charge in [0.05, 0.1) is 12.0 Å². The van der Waals surface area contributed by atoms with Crippen molar-refractivity contribution in [3.63, 3.8) is 0 Å². The van der Waals surface area contributed by atoms with E-state index in [-0.39, 0.29) is 5.91 Å². The number of hydrogen-bond acceptors (Lipinski definition) is 9. The highest BCUT2D eigenvalue weighted by atomic mass is 32.2. The molecule has 1 saturated heterocycles. The summed E-state index contributed by atoms with van der Waals surface area (Å²) in [6.07, 6.45) is 1.52. The van der Waals surface area contributed by atoms with Gasteiger partial charge in [-0.15, -0.1) is 10.2 Å². The average Bonchev–Trinajstić information content (AvgIpc) is 3.27. The van der Waals surface area contributed by atoms with Crippen LogP contribution in [0.25, 0.3) is 6.08 Å². The first-order valence-corrected chi connectivity index (χ1v) is 11.1. The van der Waals surface area contributed by atoms with Crippen LogP contribution in [-0.2, 0) is 9.59 Å². The molecule has 164 valence electrons. The number of hydrogen-bond donors (Lipinski definition) is 1. The minimum Gasteiger partial charge on any atom is -0.493 e. The number of nitrogens with zero attached hydrogens (tertiary/aromatic N) is 4. The quantitative estimate of drug-likeness (QED) is 0.591. The molecule has 1 N–H and O–H groups in total. The van der Waals surface area contributed by atoms with Gasteiger partial charge in [-0.05, 0) is 55.8 Å². The fourth-order valence-electron chi connectivity index (χ4n) is 2.69. The van der Waals surface area contributed by atoms with E-state index in [0.717, 1.165) is 11.4 Å². The number of methoxy groups -OCH3 is 1. The molecule has 0 saturated carbocycles. The van der Waals surface area contributed by atoms with Gasteiger partial charge in [-0.1, -0.05) is 24.3 Å². The summed E-state index contributed by atoms with van der Waals surface area (Å²) in [4.78, 5) is 30.7. The SMILES string of the molecule is CCCN1C(=O)/C(=C\c2ccc(OC(C)C(=O)O)c(OC)c2)S/C1=N/c1nnc(C)s1. The van der Waals surface area contributed by atoms with Gasteiger partial charge in [0.15, 0.2) is 22.8 Å². The van der Waals surface area contributed by atoms with E-state index in [2.05, 4.69) is 15.2 Å². The van der Waals surface area contributed by atoms with E-state index in [0.29, 0.717) is 38.8 Å². The second-order valence-electron chi connectivity index (χ2n) is 6.57. The lowest BCUT2D eigenvalue weighted by Crippen LogP contribution is -2.29. The Kier molecular flexibility index (Phi) is 7.29. The van der Waals surface area contributed by atoms with Crippen molar-refractivity contribution in [2.24, 2.45) is 4.99 Å². The topological polar surface area (TPSA) is 114 Å². The van der Waals surface area contributed by atoms with Gasteiger partial charge in [-0.25, -0.2) is 4.79 Å². The molecule has 3 rings (SSSR count). The van der Waals surface area contributed by atoms with E-state index in [4.69, 9.17) is 14.6 Å². The molecule has 9 nitrogen and oxygen atoms in total. The highest BCUT2D eigenvalue weighted by molar-refractivity contribution is 8.18. The Morgan fingerprint density at radius 3 is 2.74 bits per heavy atom. The van der Waals surface area contributed by atoms with E-state index in [1.165, 1.54) is 37.1 Å². The van der Waals surface area contributed by atoms with Gasteiger partial charge < -0.3 is 14.6 Å². The monoisotopic (exact) mass is 462 g/mol. The minimum atomic E-state index is -1.07. The Balaban J connectivity index is 1.89. The molecular formula is C20H22N4O5S2. The first kappa shape index (κ1) is 22.8. The van der Waals surface area contributed by atoms with E-state index in [1.807, 2.05) is 13.8 Å². The minimum absolute atomic E-state index is 0.134. The molecule has 1 aromatic carbocycles. The van der Waals surface area contributed by atoms with Crippen LogP contribution in [-0.4, -0.2) is 57.0 Å². The molecule has 0 radical (unpaired) electrons. The Morgan fingerprint density at radius 1 is 1.35 bits per heavy atom. The van der Waals surface area contributed by atoms with Gasteiger partial charge in [0.25, 0.3) is 5.91 Å². The lowest BCUT2D eigenvalue weighted by Gasteiger charge is -2.14. The predicted octanol–water partition coefficient (Wildman–Crippen LogP) is 3.72. The largest absolute Gasteiger partial charge is 0.493 e. The van der Waals surface area contributed by atoms with Crippen molar-refractivity contribution in [1.29, 1.82) is 0 Å². The Morgan fingerprint density at radius 2 is 2.13 bits per heavy atom. The zero-order valence-electron chi connectivity index (χ0n) is 17.5. The second kappa shape index (κ2) is 9.92. The lowest BCUT2D eigenvalue weighted by molar-refractivity contribution is -0.144. The number of amidine groups is 1. The smallest absolute Gasteiger partial charge is 0.344 e. The molecule has 1 aromatic heterocycles. The fourth-order valence-corrected chi connectivity index (χ4v) is 4.31. The molecule has 1 amide bonds. The number of thioether (sulfide) groups is 1. The summed E-state index contributed by atoms with van der Waals surface area (Å²) in [5.41, 5.74) is 0.715. The summed E-state index contributed by atoms with van der Waals surface area (Å²) in [7, 11) is 1.47. The number of ether oxygens (including phenoxy) is 2. The third-order valence-corrected chi connectivity index (χ3v) is 5.92. The van der Waals surface area contributed by atoms with Crippen molar-refractivity contribution >= 4 is 51.4 Å². The number of benzene rings is 1. The number of amides is 1. The van der Waals surface area contributed by atoms with Gasteiger partial charge in [0, 0.05) is 6.54 Å². The van der Waals surface area contributed by atoms with E-state index in [1.54, 1.807) is 29.2 Å². The number of carbonyl (C=O) groups is 2. The van der Waals surface area contributed by atoms with Gasteiger partial charge in [-0.2, -0.15) is 4.99 Å². The van der Waals surface area contributed by atoms with Gasteiger partial charge >= 0.3 is 5.97 Å². The molecular weight excluding hydrogens is 440 g/mol. The van der Waals surface area contributed by atoms with Crippen LogP contribution < -0.4 is 9.47 Å². The standard InChI is InChI=1S/C20H22N4O5S2/c1-5-8-24-17(25)16(31-20(24)21-19-23-22-12(3)30-19)10-13-6-7-14(15(9-13)28-4)29-11(2)18(26)27/h6-7,9-11H,5,8H2,1-4H3,(H,26,27)/b16-10+,21-20+. The van der Waals surface area contributed by atoms with Crippen LogP contribution in [0, 0.1) is 6.92 Å². The maximum absolute atomic E-state index is 12.9. The van der Waals surface area contributed by atoms with Crippen LogP contribution >= 0.6 is 23.1 Å².